The van der Waals surface area contributed by atoms with Crippen molar-refractivity contribution in [3.05, 3.63) is 0 Å². The Morgan fingerprint density at radius 1 is 1.00 bits per heavy atom. The van der Waals surface area contributed by atoms with Gasteiger partial charge in [0.1, 0.15) is 0 Å². The monoisotopic (exact) mass is 251 g/mol. The second-order valence-electron chi connectivity index (χ2n) is 3.49. The van der Waals surface area contributed by atoms with Crippen LogP contribution in [0.15, 0.2) is 0 Å². The highest BCUT2D eigenvalue weighted by Crippen LogP contribution is 2.14. The maximum atomic E-state index is 5.59. The lowest BCUT2D eigenvalue weighted by molar-refractivity contribution is 0.121. The van der Waals surface area contributed by atoms with E-state index in [0.717, 1.165) is 25.6 Å². The molecule has 0 aromatic heterocycles. The van der Waals surface area contributed by atoms with E-state index < -0.39 is 8.80 Å². The Morgan fingerprint density at radius 3 is 1.94 bits per heavy atom. The van der Waals surface area contributed by atoms with Gasteiger partial charge in [-0.2, -0.15) is 0 Å². The molecule has 7 heteroatoms. The largest absolute Gasteiger partial charge is 0.500 e. The lowest BCUT2D eigenvalue weighted by Gasteiger charge is -2.26. The fourth-order valence-electron chi connectivity index (χ4n) is 1.55. The summed E-state index contributed by atoms with van der Waals surface area (Å²) in [4.78, 5) is 2.10. The van der Waals surface area contributed by atoms with Crippen molar-refractivity contribution in [1.29, 1.82) is 0 Å². The van der Waals surface area contributed by atoms with Gasteiger partial charge in [-0.15, -0.1) is 0 Å². The zero-order valence-corrected chi connectivity index (χ0v) is 11.6. The zero-order chi connectivity index (χ0) is 12.4. The molecular formula is C9H25N3O3Si. The van der Waals surface area contributed by atoms with E-state index in [1.54, 1.807) is 21.3 Å². The number of hydrogen-bond donors (Lipinski definition) is 2. The van der Waals surface area contributed by atoms with Gasteiger partial charge in [0, 0.05) is 47.1 Å². The van der Waals surface area contributed by atoms with Crippen LogP contribution in [0.3, 0.4) is 0 Å². The van der Waals surface area contributed by atoms with E-state index in [1.807, 2.05) is 0 Å². The molecule has 0 bridgehead atoms. The van der Waals surface area contributed by atoms with Gasteiger partial charge in [0.2, 0.25) is 0 Å². The normalized spacial score (nSPS) is 12.4. The summed E-state index contributed by atoms with van der Waals surface area (Å²) in [6.45, 7) is 2.85. The molecular weight excluding hydrogens is 226 g/mol. The van der Waals surface area contributed by atoms with E-state index in [1.165, 1.54) is 0 Å². The molecule has 98 valence electrons. The van der Waals surface area contributed by atoms with Gasteiger partial charge in [0.25, 0.3) is 0 Å². The summed E-state index contributed by atoms with van der Waals surface area (Å²) in [5, 5.41) is 0. The van der Waals surface area contributed by atoms with Crippen molar-refractivity contribution < 1.29 is 13.3 Å². The van der Waals surface area contributed by atoms with Crippen LogP contribution < -0.4 is 11.5 Å². The van der Waals surface area contributed by atoms with Crippen molar-refractivity contribution >= 4 is 8.80 Å². The minimum Gasteiger partial charge on any atom is -0.377 e. The van der Waals surface area contributed by atoms with Crippen LogP contribution in [-0.4, -0.2) is 61.3 Å². The van der Waals surface area contributed by atoms with Crippen molar-refractivity contribution in [2.24, 2.45) is 11.5 Å². The van der Waals surface area contributed by atoms with Crippen LogP contribution >= 0.6 is 0 Å². The predicted octanol–water partition coefficient (Wildman–Crippen LogP) is -0.568. The van der Waals surface area contributed by atoms with E-state index in [9.17, 15) is 0 Å². The Kier molecular flexibility index (Phi) is 9.04. The Hall–Kier alpha value is -0.0231. The van der Waals surface area contributed by atoms with E-state index in [0.29, 0.717) is 13.2 Å². The number of rotatable bonds is 10. The zero-order valence-electron chi connectivity index (χ0n) is 10.6. The lowest BCUT2D eigenvalue weighted by atomic mass is 10.4. The molecule has 0 saturated heterocycles. The van der Waals surface area contributed by atoms with Crippen LogP contribution in [0.4, 0.5) is 0 Å². The summed E-state index contributed by atoms with van der Waals surface area (Å²) in [6, 6.07) is 0.789. The first kappa shape index (κ1) is 16.0. The third-order valence-corrected chi connectivity index (χ3v) is 5.43. The van der Waals surface area contributed by atoms with E-state index in [2.05, 4.69) is 4.90 Å². The fourth-order valence-corrected chi connectivity index (χ4v) is 3.26. The minimum absolute atomic E-state index is 0.526. The quantitative estimate of drug-likeness (QED) is 0.400. The molecule has 16 heavy (non-hydrogen) atoms. The van der Waals surface area contributed by atoms with E-state index in [4.69, 9.17) is 24.7 Å². The topological polar surface area (TPSA) is 83.0 Å². The maximum absolute atomic E-state index is 5.59. The van der Waals surface area contributed by atoms with Gasteiger partial charge in [0.05, 0.1) is 0 Å². The molecule has 0 saturated carbocycles. The first-order valence-electron chi connectivity index (χ1n) is 5.46. The van der Waals surface area contributed by atoms with Gasteiger partial charge in [-0.1, -0.05) is 0 Å². The highest BCUT2D eigenvalue weighted by molar-refractivity contribution is 6.60. The van der Waals surface area contributed by atoms with Crippen LogP contribution in [0.2, 0.25) is 6.04 Å². The number of nitrogens with zero attached hydrogens (tertiary/aromatic N) is 1. The molecule has 0 aliphatic rings. The highest BCUT2D eigenvalue weighted by atomic mass is 28.4. The Balaban J connectivity index is 3.92. The highest BCUT2D eigenvalue weighted by Gasteiger charge is 2.36. The van der Waals surface area contributed by atoms with E-state index in [-0.39, 0.29) is 0 Å². The average molecular weight is 251 g/mol. The minimum atomic E-state index is -2.42. The molecule has 4 N–H and O–H groups in total. The Bertz CT molecular complexity index is 162. The third-order valence-electron chi connectivity index (χ3n) is 2.59. The van der Waals surface area contributed by atoms with Crippen molar-refractivity contribution in [3.8, 4) is 0 Å². The van der Waals surface area contributed by atoms with Crippen molar-refractivity contribution in [3.63, 3.8) is 0 Å². The SMILES string of the molecule is CO[Si](CCCN(CN)CCN)(OC)OC. The first-order valence-corrected chi connectivity index (χ1v) is 7.39. The average Bonchev–Trinajstić information content (AvgIpc) is 2.34. The Labute approximate surface area is 99.2 Å². The first-order chi connectivity index (χ1) is 7.67. The maximum Gasteiger partial charge on any atom is 0.500 e. The molecule has 0 unspecified atom stereocenters. The molecule has 0 aliphatic heterocycles. The molecule has 0 aromatic rings. The molecule has 0 spiro atoms. The van der Waals surface area contributed by atoms with Gasteiger partial charge in [-0.3, -0.25) is 4.90 Å². The van der Waals surface area contributed by atoms with Gasteiger partial charge < -0.3 is 24.7 Å². The molecule has 0 atom stereocenters. The number of nitrogens with two attached hydrogens (primary N) is 2. The van der Waals surface area contributed by atoms with E-state index >= 15 is 0 Å². The van der Waals surface area contributed by atoms with Crippen LogP contribution in [0.1, 0.15) is 6.42 Å². The van der Waals surface area contributed by atoms with Crippen molar-refractivity contribution in [2.45, 2.75) is 12.5 Å². The molecule has 0 aliphatic carbocycles. The lowest BCUT2D eigenvalue weighted by Crippen LogP contribution is -2.44. The van der Waals surface area contributed by atoms with Gasteiger partial charge in [-0.25, -0.2) is 0 Å². The standard InChI is InChI=1S/C9H25N3O3Si/c1-13-16(14-2,15-3)8-4-6-12(9-11)7-5-10/h4-11H2,1-3H3. The predicted molar refractivity (Wildman–Crippen MR) is 65.9 cm³/mol. The molecule has 0 heterocycles. The van der Waals surface area contributed by atoms with Crippen molar-refractivity contribution in [2.75, 3.05) is 47.6 Å². The van der Waals surface area contributed by atoms with Crippen LogP contribution in [0.5, 0.6) is 0 Å². The molecule has 0 rings (SSSR count). The molecule has 0 aromatic carbocycles. The van der Waals surface area contributed by atoms with Crippen LogP contribution in [0.25, 0.3) is 0 Å². The second kappa shape index (κ2) is 9.05. The molecule has 0 fully saturated rings. The summed E-state index contributed by atoms with van der Waals surface area (Å²) in [5.41, 5.74) is 11.1. The molecule has 6 nitrogen and oxygen atoms in total. The fraction of sp³-hybridized carbons (Fsp3) is 1.00. The summed E-state index contributed by atoms with van der Waals surface area (Å²) < 4.78 is 16.0. The molecule has 0 radical (unpaired) electrons. The summed E-state index contributed by atoms with van der Waals surface area (Å²) in [5.74, 6) is 0. The van der Waals surface area contributed by atoms with Gasteiger partial charge in [0.15, 0.2) is 0 Å². The second-order valence-corrected chi connectivity index (χ2v) is 6.58. The van der Waals surface area contributed by atoms with Crippen LogP contribution in [-0.2, 0) is 13.3 Å². The van der Waals surface area contributed by atoms with Crippen LogP contribution in [0, 0.1) is 0 Å². The third kappa shape index (κ3) is 5.35. The number of hydrogen-bond acceptors (Lipinski definition) is 6. The van der Waals surface area contributed by atoms with Gasteiger partial charge >= 0.3 is 8.80 Å². The molecule has 0 amide bonds. The summed E-state index contributed by atoms with van der Waals surface area (Å²) in [6.07, 6.45) is 0.930. The smallest absolute Gasteiger partial charge is 0.377 e. The van der Waals surface area contributed by atoms with Gasteiger partial charge in [-0.05, 0) is 13.0 Å². The summed E-state index contributed by atoms with van der Waals surface area (Å²) >= 11 is 0. The van der Waals surface area contributed by atoms with Crippen molar-refractivity contribution in [1.82, 2.24) is 4.90 Å². The Morgan fingerprint density at radius 2 is 1.56 bits per heavy atom. The summed E-state index contributed by atoms with van der Waals surface area (Å²) in [7, 11) is 2.46.